The summed E-state index contributed by atoms with van der Waals surface area (Å²) in [4.78, 5) is 13.0. The van der Waals surface area contributed by atoms with Crippen molar-refractivity contribution in [2.45, 2.75) is 64.7 Å². The van der Waals surface area contributed by atoms with Crippen molar-refractivity contribution in [3.05, 3.63) is 0 Å². The number of primary amides is 1. The van der Waals surface area contributed by atoms with E-state index in [1.165, 1.54) is 4.90 Å². The van der Waals surface area contributed by atoms with Gasteiger partial charge in [0.05, 0.1) is 12.1 Å². The molecule has 0 aromatic heterocycles. The lowest BCUT2D eigenvalue weighted by atomic mass is 9.91. The van der Waals surface area contributed by atoms with Crippen molar-refractivity contribution in [2.75, 3.05) is 19.6 Å². The number of nitrogens with two attached hydrogens (primary N) is 1. The van der Waals surface area contributed by atoms with Gasteiger partial charge in [-0.2, -0.15) is 13.2 Å². The van der Waals surface area contributed by atoms with Gasteiger partial charge in [0.25, 0.3) is 0 Å². The maximum Gasteiger partial charge on any atom is 0.401 e. The Bertz CT molecular complexity index is 323. The molecule has 0 saturated heterocycles. The second kappa shape index (κ2) is 8.58. The highest BCUT2D eigenvalue weighted by atomic mass is 19.4. The number of nitrogens with zero attached hydrogens (tertiary/aromatic N) is 1. The highest BCUT2D eigenvalue weighted by molar-refractivity contribution is 5.84. The van der Waals surface area contributed by atoms with Crippen LogP contribution in [0.2, 0.25) is 0 Å². The van der Waals surface area contributed by atoms with E-state index < -0.39 is 30.2 Å². The largest absolute Gasteiger partial charge is 0.401 e. The lowest BCUT2D eigenvalue weighted by Gasteiger charge is -2.36. The Hall–Kier alpha value is -0.820. The first-order valence-electron chi connectivity index (χ1n) is 7.41. The van der Waals surface area contributed by atoms with E-state index in [0.717, 1.165) is 6.42 Å². The zero-order valence-electron chi connectivity index (χ0n) is 13.4. The van der Waals surface area contributed by atoms with E-state index in [4.69, 9.17) is 5.73 Å². The highest BCUT2D eigenvalue weighted by Gasteiger charge is 2.37. The first-order valence-corrected chi connectivity index (χ1v) is 7.41. The molecule has 0 aliphatic carbocycles. The predicted molar refractivity (Wildman–Crippen MR) is 77.9 cm³/mol. The van der Waals surface area contributed by atoms with Gasteiger partial charge in [0.15, 0.2) is 0 Å². The molecule has 3 N–H and O–H groups in total. The van der Waals surface area contributed by atoms with E-state index in [0.29, 0.717) is 19.5 Å². The van der Waals surface area contributed by atoms with Crippen LogP contribution in [-0.2, 0) is 4.79 Å². The van der Waals surface area contributed by atoms with E-state index in [-0.39, 0.29) is 6.42 Å². The molecule has 2 unspecified atom stereocenters. The number of hydrogen-bond acceptors (Lipinski definition) is 3. The molecule has 126 valence electrons. The molecule has 0 spiro atoms. The standard InChI is InChI=1S/C14H28F3N3O/c1-5-7-19-13(4,12(18)21)9-11(3)20(8-6-2)10-14(15,16)17/h11,19H,5-10H2,1-4H3,(H2,18,21). The Morgan fingerprint density at radius 1 is 1.29 bits per heavy atom. The van der Waals surface area contributed by atoms with Gasteiger partial charge in [0, 0.05) is 6.04 Å². The molecule has 0 rings (SSSR count). The highest BCUT2D eigenvalue weighted by Crippen LogP contribution is 2.22. The third-order valence-corrected chi connectivity index (χ3v) is 3.53. The van der Waals surface area contributed by atoms with Crippen LogP contribution in [0.15, 0.2) is 0 Å². The summed E-state index contributed by atoms with van der Waals surface area (Å²) in [6, 6.07) is -0.395. The second-order valence-corrected chi connectivity index (χ2v) is 5.76. The molecule has 0 aromatic rings. The zero-order valence-corrected chi connectivity index (χ0v) is 13.4. The van der Waals surface area contributed by atoms with Crippen LogP contribution in [0.4, 0.5) is 13.2 Å². The summed E-state index contributed by atoms with van der Waals surface area (Å²) in [5.41, 5.74) is 4.43. The maximum absolute atomic E-state index is 12.6. The lowest BCUT2D eigenvalue weighted by Crippen LogP contribution is -2.57. The van der Waals surface area contributed by atoms with Crippen molar-refractivity contribution in [1.82, 2.24) is 10.2 Å². The molecule has 7 heteroatoms. The Morgan fingerprint density at radius 2 is 1.86 bits per heavy atom. The number of carbonyl (C=O) groups excluding carboxylic acids is 1. The van der Waals surface area contributed by atoms with Gasteiger partial charge in [0.2, 0.25) is 5.91 Å². The number of nitrogens with one attached hydrogen (secondary N) is 1. The molecule has 0 saturated carbocycles. The van der Waals surface area contributed by atoms with Gasteiger partial charge < -0.3 is 11.1 Å². The first-order chi connectivity index (χ1) is 9.55. The van der Waals surface area contributed by atoms with Gasteiger partial charge >= 0.3 is 6.18 Å². The first kappa shape index (κ1) is 20.2. The van der Waals surface area contributed by atoms with Crippen LogP contribution in [0.25, 0.3) is 0 Å². The average molecular weight is 311 g/mol. The quantitative estimate of drug-likeness (QED) is 0.651. The number of hydrogen-bond donors (Lipinski definition) is 2. The molecule has 4 nitrogen and oxygen atoms in total. The molecule has 0 aliphatic heterocycles. The van der Waals surface area contributed by atoms with E-state index in [9.17, 15) is 18.0 Å². The van der Waals surface area contributed by atoms with Crippen LogP contribution in [0.1, 0.15) is 47.0 Å². The van der Waals surface area contributed by atoms with Gasteiger partial charge in [0.1, 0.15) is 0 Å². The normalized spacial score (nSPS) is 16.8. The van der Waals surface area contributed by atoms with Crippen LogP contribution in [0.5, 0.6) is 0 Å². The summed E-state index contributed by atoms with van der Waals surface area (Å²) in [6.07, 6.45) is -2.56. The molecule has 0 aromatic carbocycles. The van der Waals surface area contributed by atoms with Crippen molar-refractivity contribution in [3.63, 3.8) is 0 Å². The van der Waals surface area contributed by atoms with E-state index in [1.807, 2.05) is 13.8 Å². The molecular formula is C14H28F3N3O. The van der Waals surface area contributed by atoms with Crippen molar-refractivity contribution >= 4 is 5.91 Å². The van der Waals surface area contributed by atoms with Crippen molar-refractivity contribution in [1.29, 1.82) is 0 Å². The van der Waals surface area contributed by atoms with Crippen LogP contribution < -0.4 is 11.1 Å². The summed E-state index contributed by atoms with van der Waals surface area (Å²) in [6.45, 7) is 7.10. The Balaban J connectivity index is 4.90. The van der Waals surface area contributed by atoms with Crippen LogP contribution in [-0.4, -0.2) is 48.2 Å². The minimum atomic E-state index is -4.25. The fourth-order valence-electron chi connectivity index (χ4n) is 2.35. The van der Waals surface area contributed by atoms with Crippen molar-refractivity contribution in [2.24, 2.45) is 5.73 Å². The molecular weight excluding hydrogens is 283 g/mol. The fourth-order valence-corrected chi connectivity index (χ4v) is 2.35. The predicted octanol–water partition coefficient (Wildman–Crippen LogP) is 2.28. The van der Waals surface area contributed by atoms with Gasteiger partial charge in [-0.15, -0.1) is 0 Å². The third-order valence-electron chi connectivity index (χ3n) is 3.53. The molecule has 0 bridgehead atoms. The number of amides is 1. The number of rotatable bonds is 10. The molecule has 0 radical (unpaired) electrons. The molecule has 0 fully saturated rings. The van der Waals surface area contributed by atoms with Crippen LogP contribution in [0, 0.1) is 0 Å². The monoisotopic (exact) mass is 311 g/mol. The van der Waals surface area contributed by atoms with E-state index >= 15 is 0 Å². The minimum absolute atomic E-state index is 0.248. The van der Waals surface area contributed by atoms with Gasteiger partial charge in [-0.25, -0.2) is 0 Å². The number of halogens is 3. The van der Waals surface area contributed by atoms with Crippen LogP contribution >= 0.6 is 0 Å². The Labute approximate surface area is 125 Å². The molecule has 1 amide bonds. The topological polar surface area (TPSA) is 58.4 Å². The fraction of sp³-hybridized carbons (Fsp3) is 0.929. The summed E-state index contributed by atoms with van der Waals surface area (Å²) < 4.78 is 37.9. The summed E-state index contributed by atoms with van der Waals surface area (Å²) in [5, 5.41) is 3.05. The molecule has 2 atom stereocenters. The number of carbonyl (C=O) groups is 1. The SMILES string of the molecule is CCCNC(C)(CC(C)N(CCC)CC(F)(F)F)C(N)=O. The molecule has 0 aliphatic rings. The van der Waals surface area contributed by atoms with E-state index in [1.54, 1.807) is 13.8 Å². The summed E-state index contributed by atoms with van der Waals surface area (Å²) in [5.74, 6) is -0.536. The Morgan fingerprint density at radius 3 is 2.24 bits per heavy atom. The molecule has 21 heavy (non-hydrogen) atoms. The van der Waals surface area contributed by atoms with Gasteiger partial charge in [-0.1, -0.05) is 13.8 Å². The summed E-state index contributed by atoms with van der Waals surface area (Å²) >= 11 is 0. The Kier molecular flexibility index (Phi) is 8.25. The lowest BCUT2D eigenvalue weighted by molar-refractivity contribution is -0.151. The smallest absolute Gasteiger partial charge is 0.368 e. The second-order valence-electron chi connectivity index (χ2n) is 5.76. The number of alkyl halides is 3. The van der Waals surface area contributed by atoms with Crippen molar-refractivity contribution < 1.29 is 18.0 Å². The van der Waals surface area contributed by atoms with Gasteiger partial charge in [-0.3, -0.25) is 9.69 Å². The summed E-state index contributed by atoms with van der Waals surface area (Å²) in [7, 11) is 0. The average Bonchev–Trinajstić information content (AvgIpc) is 2.34. The van der Waals surface area contributed by atoms with Gasteiger partial charge in [-0.05, 0) is 46.2 Å². The maximum atomic E-state index is 12.6. The van der Waals surface area contributed by atoms with E-state index in [2.05, 4.69) is 5.32 Å². The zero-order chi connectivity index (χ0) is 16.7. The minimum Gasteiger partial charge on any atom is -0.368 e. The van der Waals surface area contributed by atoms with Crippen molar-refractivity contribution in [3.8, 4) is 0 Å². The molecule has 0 heterocycles. The van der Waals surface area contributed by atoms with Crippen LogP contribution in [0.3, 0.4) is 0 Å². The third kappa shape index (κ3) is 7.66.